The lowest BCUT2D eigenvalue weighted by Gasteiger charge is -2.08. The van der Waals surface area contributed by atoms with Crippen molar-refractivity contribution in [1.29, 1.82) is 0 Å². The van der Waals surface area contributed by atoms with Crippen molar-refractivity contribution in [3.05, 3.63) is 23.8 Å². The molecular formula is C20H31FO4. The van der Waals surface area contributed by atoms with Gasteiger partial charge in [0.1, 0.15) is 0 Å². The van der Waals surface area contributed by atoms with Gasteiger partial charge in [-0.3, -0.25) is 4.39 Å². The number of halogens is 1. The van der Waals surface area contributed by atoms with Gasteiger partial charge in [-0.25, -0.2) is 4.79 Å². The average molecular weight is 354 g/mol. The quantitative estimate of drug-likeness (QED) is 0.235. The molecule has 1 aromatic rings. The van der Waals surface area contributed by atoms with E-state index in [4.69, 9.17) is 5.11 Å². The van der Waals surface area contributed by atoms with E-state index in [2.05, 4.69) is 4.74 Å². The molecule has 0 saturated heterocycles. The summed E-state index contributed by atoms with van der Waals surface area (Å²) >= 11 is 0. The fourth-order valence-corrected chi connectivity index (χ4v) is 2.95. The molecular weight excluding hydrogens is 323 g/mol. The van der Waals surface area contributed by atoms with Gasteiger partial charge in [0.25, 0.3) is 0 Å². The number of hydrogen-bond donors (Lipinski definition) is 2. The Labute approximate surface area is 150 Å². The van der Waals surface area contributed by atoms with Gasteiger partial charge >= 0.3 is 6.16 Å². The summed E-state index contributed by atoms with van der Waals surface area (Å²) < 4.78 is 16.5. The van der Waals surface area contributed by atoms with Crippen LogP contribution in [0.15, 0.2) is 18.2 Å². The van der Waals surface area contributed by atoms with Crippen LogP contribution in [0.2, 0.25) is 0 Å². The predicted octanol–water partition coefficient (Wildman–Crippen LogP) is 6.25. The standard InChI is InChI=1S/C20H31FO4/c21-16-11-9-7-5-3-1-2-4-6-8-10-13-17-14-12-15-18(19(17)22)25-20(23)24/h12,14-15,22H,1-11,13,16H2,(H,23,24). The first-order valence-electron chi connectivity index (χ1n) is 9.42. The van der Waals surface area contributed by atoms with Crippen LogP contribution in [0.1, 0.15) is 76.2 Å². The third kappa shape index (κ3) is 9.95. The number of aromatic hydroxyl groups is 1. The number of carbonyl (C=O) groups is 1. The highest BCUT2D eigenvalue weighted by Crippen LogP contribution is 2.31. The molecule has 0 heterocycles. The first-order chi connectivity index (χ1) is 12.1. The van der Waals surface area contributed by atoms with Gasteiger partial charge < -0.3 is 14.9 Å². The van der Waals surface area contributed by atoms with E-state index in [9.17, 15) is 14.3 Å². The summed E-state index contributed by atoms with van der Waals surface area (Å²) in [6.45, 7) is -0.186. The maximum Gasteiger partial charge on any atom is 0.511 e. The molecule has 2 N–H and O–H groups in total. The van der Waals surface area contributed by atoms with E-state index in [1.54, 1.807) is 12.1 Å². The molecule has 5 heteroatoms. The Morgan fingerprint density at radius 1 is 0.880 bits per heavy atom. The van der Waals surface area contributed by atoms with E-state index in [1.165, 1.54) is 44.6 Å². The minimum absolute atomic E-state index is 0.00323. The second-order valence-corrected chi connectivity index (χ2v) is 6.46. The second-order valence-electron chi connectivity index (χ2n) is 6.46. The van der Waals surface area contributed by atoms with Crippen LogP contribution in [0.3, 0.4) is 0 Å². The first kappa shape index (κ1) is 21.3. The zero-order valence-corrected chi connectivity index (χ0v) is 15.0. The Morgan fingerprint density at radius 3 is 1.92 bits per heavy atom. The zero-order valence-electron chi connectivity index (χ0n) is 15.0. The molecule has 0 atom stereocenters. The number of alkyl halides is 1. The van der Waals surface area contributed by atoms with Crippen molar-refractivity contribution in [1.82, 2.24) is 0 Å². The summed E-state index contributed by atoms with van der Waals surface area (Å²) in [6.07, 6.45) is 11.6. The van der Waals surface area contributed by atoms with Crippen molar-refractivity contribution >= 4 is 6.16 Å². The number of aryl methyl sites for hydroxylation is 1. The van der Waals surface area contributed by atoms with Crippen LogP contribution in [-0.4, -0.2) is 23.0 Å². The van der Waals surface area contributed by atoms with E-state index < -0.39 is 6.16 Å². The number of unbranched alkanes of at least 4 members (excludes halogenated alkanes) is 10. The van der Waals surface area contributed by atoms with Crippen LogP contribution >= 0.6 is 0 Å². The lowest BCUT2D eigenvalue weighted by molar-refractivity contribution is 0.143. The minimum atomic E-state index is -1.42. The van der Waals surface area contributed by atoms with Crippen molar-refractivity contribution in [3.63, 3.8) is 0 Å². The summed E-state index contributed by atoms with van der Waals surface area (Å²) in [7, 11) is 0. The molecule has 0 saturated carbocycles. The zero-order chi connectivity index (χ0) is 18.3. The summed E-state index contributed by atoms with van der Waals surface area (Å²) in [6, 6.07) is 4.94. The van der Waals surface area contributed by atoms with Crippen molar-refractivity contribution in [3.8, 4) is 11.5 Å². The molecule has 0 radical (unpaired) electrons. The number of phenols is 1. The fraction of sp³-hybridized carbons (Fsp3) is 0.650. The van der Waals surface area contributed by atoms with Crippen LogP contribution in [0, 0.1) is 0 Å². The summed E-state index contributed by atoms with van der Waals surface area (Å²) in [4.78, 5) is 10.6. The molecule has 0 fully saturated rings. The minimum Gasteiger partial charge on any atom is -0.504 e. The number of para-hydroxylation sites is 1. The van der Waals surface area contributed by atoms with E-state index in [0.29, 0.717) is 6.42 Å². The topological polar surface area (TPSA) is 66.8 Å². The van der Waals surface area contributed by atoms with Gasteiger partial charge in [-0.05, 0) is 30.9 Å². The second kappa shape index (κ2) is 13.5. The third-order valence-corrected chi connectivity index (χ3v) is 4.36. The van der Waals surface area contributed by atoms with E-state index in [-0.39, 0.29) is 18.2 Å². The van der Waals surface area contributed by atoms with Crippen LogP contribution in [0.5, 0.6) is 11.5 Å². The number of phenolic OH excluding ortho intramolecular Hbond substituents is 1. The molecule has 0 spiro atoms. The number of ether oxygens (including phenoxy) is 1. The van der Waals surface area contributed by atoms with E-state index >= 15 is 0 Å². The molecule has 25 heavy (non-hydrogen) atoms. The molecule has 1 aromatic carbocycles. The smallest absolute Gasteiger partial charge is 0.504 e. The molecule has 0 unspecified atom stereocenters. The van der Waals surface area contributed by atoms with Crippen molar-refractivity contribution in [2.45, 2.75) is 77.0 Å². The van der Waals surface area contributed by atoms with Crippen molar-refractivity contribution in [2.24, 2.45) is 0 Å². The number of benzene rings is 1. The van der Waals surface area contributed by atoms with Gasteiger partial charge in [0, 0.05) is 0 Å². The lowest BCUT2D eigenvalue weighted by Crippen LogP contribution is -2.03. The number of carboxylic acid groups (broad SMARTS) is 1. The molecule has 1 rings (SSSR count). The summed E-state index contributed by atoms with van der Waals surface area (Å²) in [5, 5.41) is 18.6. The van der Waals surface area contributed by atoms with Crippen LogP contribution in [-0.2, 0) is 6.42 Å². The molecule has 4 nitrogen and oxygen atoms in total. The molecule has 0 aliphatic heterocycles. The average Bonchev–Trinajstić information content (AvgIpc) is 2.58. The molecule has 142 valence electrons. The van der Waals surface area contributed by atoms with Crippen LogP contribution in [0.25, 0.3) is 0 Å². The normalized spacial score (nSPS) is 10.8. The van der Waals surface area contributed by atoms with E-state index in [0.717, 1.165) is 37.7 Å². The monoisotopic (exact) mass is 354 g/mol. The van der Waals surface area contributed by atoms with Crippen molar-refractivity contribution < 1.29 is 24.1 Å². The number of rotatable bonds is 14. The largest absolute Gasteiger partial charge is 0.511 e. The molecule has 0 amide bonds. The molecule has 0 aliphatic rings. The highest BCUT2D eigenvalue weighted by molar-refractivity contribution is 5.63. The van der Waals surface area contributed by atoms with Gasteiger partial charge in [0.05, 0.1) is 6.67 Å². The van der Waals surface area contributed by atoms with Crippen molar-refractivity contribution in [2.75, 3.05) is 6.67 Å². The Bertz CT molecular complexity index is 491. The van der Waals surface area contributed by atoms with Crippen LogP contribution < -0.4 is 4.74 Å². The Kier molecular flexibility index (Phi) is 11.5. The first-order valence-corrected chi connectivity index (χ1v) is 9.42. The Morgan fingerprint density at radius 2 is 1.40 bits per heavy atom. The molecule has 0 bridgehead atoms. The SMILES string of the molecule is O=C(O)Oc1cccc(CCCCCCCCCCCCCF)c1O. The lowest BCUT2D eigenvalue weighted by atomic mass is 10.0. The fourth-order valence-electron chi connectivity index (χ4n) is 2.95. The molecule has 0 aliphatic carbocycles. The van der Waals surface area contributed by atoms with Gasteiger partial charge in [-0.1, -0.05) is 69.9 Å². The van der Waals surface area contributed by atoms with Gasteiger partial charge in [0.15, 0.2) is 11.5 Å². The number of hydrogen-bond acceptors (Lipinski definition) is 3. The summed E-state index contributed by atoms with van der Waals surface area (Å²) in [5.41, 5.74) is 0.729. The predicted molar refractivity (Wildman–Crippen MR) is 97.2 cm³/mol. The van der Waals surface area contributed by atoms with Gasteiger partial charge in [-0.15, -0.1) is 0 Å². The third-order valence-electron chi connectivity index (χ3n) is 4.36. The highest BCUT2D eigenvalue weighted by atomic mass is 19.1. The maximum absolute atomic E-state index is 11.9. The molecule has 0 aromatic heterocycles. The highest BCUT2D eigenvalue weighted by Gasteiger charge is 2.10. The Hall–Kier alpha value is -1.78. The summed E-state index contributed by atoms with van der Waals surface area (Å²) in [5.74, 6) is -0.0748. The Balaban J connectivity index is 2.06. The van der Waals surface area contributed by atoms with E-state index in [1.807, 2.05) is 0 Å². The van der Waals surface area contributed by atoms with Crippen LogP contribution in [0.4, 0.5) is 9.18 Å². The van der Waals surface area contributed by atoms with Gasteiger partial charge in [0.2, 0.25) is 0 Å². The maximum atomic E-state index is 11.9. The van der Waals surface area contributed by atoms with Gasteiger partial charge in [-0.2, -0.15) is 0 Å².